The van der Waals surface area contributed by atoms with Crippen molar-refractivity contribution >= 4 is 45.6 Å². The molecule has 3 rings (SSSR count). The number of rotatable bonds is 7. The first kappa shape index (κ1) is 20.2. The van der Waals surface area contributed by atoms with Gasteiger partial charge in [0, 0.05) is 23.6 Å². The van der Waals surface area contributed by atoms with E-state index in [9.17, 15) is 19.7 Å². The maximum Gasteiger partial charge on any atom is 0.270 e. The van der Waals surface area contributed by atoms with E-state index in [4.69, 9.17) is 11.6 Å². The Morgan fingerprint density at radius 1 is 1.39 bits per heavy atom. The zero-order chi connectivity index (χ0) is 20.4. The Hall–Kier alpha value is -2.52. The van der Waals surface area contributed by atoms with Crippen LogP contribution in [0.2, 0.25) is 5.02 Å². The van der Waals surface area contributed by atoms with Gasteiger partial charge in [0.05, 0.1) is 21.2 Å². The van der Waals surface area contributed by atoms with E-state index in [1.54, 1.807) is 0 Å². The lowest BCUT2D eigenvalue weighted by molar-refractivity contribution is -0.384. The van der Waals surface area contributed by atoms with Crippen molar-refractivity contribution in [2.75, 3.05) is 18.4 Å². The van der Waals surface area contributed by atoms with Gasteiger partial charge in [0.25, 0.3) is 11.6 Å². The van der Waals surface area contributed by atoms with Crippen molar-refractivity contribution in [3.63, 3.8) is 0 Å². The Balaban J connectivity index is 1.74. The predicted molar refractivity (Wildman–Crippen MR) is 107 cm³/mol. The average molecular weight is 423 g/mol. The van der Waals surface area contributed by atoms with Gasteiger partial charge in [0.2, 0.25) is 5.91 Å². The van der Waals surface area contributed by atoms with Crippen LogP contribution >= 0.6 is 22.9 Å². The molecule has 0 unspecified atom stereocenters. The molecule has 0 atom stereocenters. The fraction of sp³-hybridized carbons (Fsp3) is 0.389. The highest BCUT2D eigenvalue weighted by Gasteiger charge is 2.30. The highest BCUT2D eigenvalue weighted by Crippen LogP contribution is 2.31. The van der Waals surface area contributed by atoms with Gasteiger partial charge in [-0.15, -0.1) is 11.3 Å². The number of anilines is 1. The quantitative estimate of drug-likeness (QED) is 0.539. The second kappa shape index (κ2) is 8.24. The normalized spacial score (nSPS) is 13.2. The summed E-state index contributed by atoms with van der Waals surface area (Å²) in [6.07, 6.45) is 2.01. The van der Waals surface area contributed by atoms with Gasteiger partial charge in [-0.2, -0.15) is 0 Å². The average Bonchev–Trinajstić information content (AvgIpc) is 3.38. The summed E-state index contributed by atoms with van der Waals surface area (Å²) in [5, 5.41) is 14.1. The lowest BCUT2D eigenvalue weighted by Crippen LogP contribution is -2.39. The van der Waals surface area contributed by atoms with Crippen molar-refractivity contribution < 1.29 is 14.5 Å². The first-order chi connectivity index (χ1) is 13.2. The van der Waals surface area contributed by atoms with Crippen molar-refractivity contribution in [1.82, 2.24) is 9.88 Å². The predicted octanol–water partition coefficient (Wildman–Crippen LogP) is 3.81. The molecule has 0 spiro atoms. The number of aryl methyl sites for hydroxylation is 2. The molecular formula is C18H19ClN4O4S. The van der Waals surface area contributed by atoms with Crippen LogP contribution in [-0.2, 0) is 4.79 Å². The van der Waals surface area contributed by atoms with Crippen molar-refractivity contribution in [3.05, 3.63) is 49.5 Å². The number of hydrogen-bond donors (Lipinski definition) is 1. The first-order valence-corrected chi connectivity index (χ1v) is 9.91. The Morgan fingerprint density at radius 2 is 2.11 bits per heavy atom. The number of nitro benzene ring substituents is 1. The molecule has 0 saturated heterocycles. The molecule has 8 nitrogen and oxygen atoms in total. The molecule has 2 aromatic rings. The first-order valence-electron chi connectivity index (χ1n) is 8.71. The van der Waals surface area contributed by atoms with E-state index in [-0.39, 0.29) is 28.7 Å². The van der Waals surface area contributed by atoms with E-state index in [0.29, 0.717) is 17.6 Å². The van der Waals surface area contributed by atoms with Crippen LogP contribution < -0.4 is 5.32 Å². The number of thiazole rings is 1. The molecule has 0 aliphatic heterocycles. The number of nitrogens with zero attached hydrogens (tertiary/aromatic N) is 3. The van der Waals surface area contributed by atoms with Gasteiger partial charge in [0.1, 0.15) is 6.54 Å². The van der Waals surface area contributed by atoms with E-state index in [2.05, 4.69) is 10.3 Å². The topological polar surface area (TPSA) is 105 Å². The van der Waals surface area contributed by atoms with Crippen molar-refractivity contribution in [2.24, 2.45) is 5.92 Å². The Bertz CT molecular complexity index is 922. The second-order valence-corrected chi connectivity index (χ2v) is 8.37. The fourth-order valence-corrected chi connectivity index (χ4v) is 3.74. The lowest BCUT2D eigenvalue weighted by Gasteiger charge is -2.22. The number of aromatic nitrogens is 1. The fourth-order valence-electron chi connectivity index (χ4n) is 2.65. The Kier molecular flexibility index (Phi) is 5.95. The van der Waals surface area contributed by atoms with Gasteiger partial charge in [-0.05, 0) is 38.7 Å². The largest absolute Gasteiger partial charge is 0.329 e. The van der Waals surface area contributed by atoms with Crippen LogP contribution in [0.25, 0.3) is 0 Å². The Labute approximate surface area is 170 Å². The summed E-state index contributed by atoms with van der Waals surface area (Å²) in [7, 11) is 0. The van der Waals surface area contributed by atoms with Gasteiger partial charge in [-0.25, -0.2) is 4.98 Å². The molecule has 1 heterocycles. The summed E-state index contributed by atoms with van der Waals surface area (Å²) >= 11 is 7.47. The van der Waals surface area contributed by atoms with Crippen molar-refractivity contribution in [1.29, 1.82) is 0 Å². The highest BCUT2D eigenvalue weighted by atomic mass is 35.5. The highest BCUT2D eigenvalue weighted by molar-refractivity contribution is 7.15. The molecule has 1 aromatic carbocycles. The standard InChI is InChI=1S/C18H19ClN4O4S/c1-10-11(2)28-18(20-10)21-16(24)9-22(8-12-3-4-12)17(25)14-6-5-13(23(26)27)7-15(14)19/h5-7,12H,3-4,8-9H2,1-2H3,(H,20,21,24). The van der Waals surface area contributed by atoms with E-state index in [1.807, 2.05) is 13.8 Å². The summed E-state index contributed by atoms with van der Waals surface area (Å²) in [6, 6.07) is 3.70. The molecular weight excluding hydrogens is 404 g/mol. The number of nitro groups is 1. The van der Waals surface area contributed by atoms with Crippen molar-refractivity contribution in [2.45, 2.75) is 26.7 Å². The summed E-state index contributed by atoms with van der Waals surface area (Å²) in [6.45, 7) is 4.08. The van der Waals surface area contributed by atoms with Gasteiger partial charge in [-0.1, -0.05) is 11.6 Å². The summed E-state index contributed by atoms with van der Waals surface area (Å²) in [5.74, 6) is -0.410. The molecule has 1 N–H and O–H groups in total. The van der Waals surface area contributed by atoms with E-state index in [0.717, 1.165) is 29.5 Å². The maximum absolute atomic E-state index is 12.9. The number of benzene rings is 1. The molecule has 2 amide bonds. The Morgan fingerprint density at radius 3 is 2.64 bits per heavy atom. The number of nitrogens with one attached hydrogen (secondary N) is 1. The number of hydrogen-bond acceptors (Lipinski definition) is 6. The third kappa shape index (κ3) is 4.85. The minimum absolute atomic E-state index is 0.00780. The van der Waals surface area contributed by atoms with Gasteiger partial charge < -0.3 is 10.2 Å². The number of carbonyl (C=O) groups is 2. The molecule has 0 radical (unpaired) electrons. The van der Waals surface area contributed by atoms with Crippen LogP contribution in [0.15, 0.2) is 18.2 Å². The SMILES string of the molecule is Cc1nc(NC(=O)CN(CC2CC2)C(=O)c2ccc([N+](=O)[O-])cc2Cl)sc1C. The molecule has 1 aromatic heterocycles. The van der Waals surface area contributed by atoms with E-state index < -0.39 is 10.8 Å². The van der Waals surface area contributed by atoms with Crippen LogP contribution in [0.4, 0.5) is 10.8 Å². The molecule has 148 valence electrons. The molecule has 1 fully saturated rings. The molecule has 0 bridgehead atoms. The minimum Gasteiger partial charge on any atom is -0.329 e. The zero-order valence-electron chi connectivity index (χ0n) is 15.4. The zero-order valence-corrected chi connectivity index (χ0v) is 17.0. The summed E-state index contributed by atoms with van der Waals surface area (Å²) in [4.78, 5) is 42.4. The van der Waals surface area contributed by atoms with Crippen molar-refractivity contribution in [3.8, 4) is 0 Å². The number of halogens is 1. The van der Waals surface area contributed by atoms with Crippen LogP contribution in [0.3, 0.4) is 0 Å². The third-order valence-electron chi connectivity index (χ3n) is 4.47. The second-order valence-electron chi connectivity index (χ2n) is 6.76. The third-order valence-corrected chi connectivity index (χ3v) is 5.77. The smallest absolute Gasteiger partial charge is 0.270 e. The van der Waals surface area contributed by atoms with Crippen LogP contribution in [0.5, 0.6) is 0 Å². The maximum atomic E-state index is 12.9. The van der Waals surface area contributed by atoms with E-state index >= 15 is 0 Å². The van der Waals surface area contributed by atoms with Gasteiger partial charge in [0.15, 0.2) is 5.13 Å². The molecule has 28 heavy (non-hydrogen) atoms. The lowest BCUT2D eigenvalue weighted by atomic mass is 10.1. The van der Waals surface area contributed by atoms with Crippen LogP contribution in [0, 0.1) is 29.9 Å². The molecule has 1 saturated carbocycles. The monoisotopic (exact) mass is 422 g/mol. The molecule has 1 aliphatic carbocycles. The minimum atomic E-state index is -0.576. The van der Waals surface area contributed by atoms with Crippen LogP contribution in [-0.4, -0.2) is 39.7 Å². The summed E-state index contributed by atoms with van der Waals surface area (Å²) in [5.41, 5.74) is 0.799. The number of non-ortho nitro benzene ring substituents is 1. The van der Waals surface area contributed by atoms with E-state index in [1.165, 1.54) is 28.4 Å². The molecule has 10 heteroatoms. The number of amides is 2. The number of carbonyl (C=O) groups excluding carboxylic acids is 2. The van der Waals surface area contributed by atoms with Gasteiger partial charge >= 0.3 is 0 Å². The summed E-state index contributed by atoms with van der Waals surface area (Å²) < 4.78 is 0. The molecule has 1 aliphatic rings. The van der Waals surface area contributed by atoms with Crippen LogP contribution in [0.1, 0.15) is 33.8 Å². The van der Waals surface area contributed by atoms with Gasteiger partial charge in [-0.3, -0.25) is 19.7 Å².